The predicted octanol–water partition coefficient (Wildman–Crippen LogP) is 0.549. The number of sulfone groups is 1. The van der Waals surface area contributed by atoms with Crippen LogP contribution in [0.15, 0.2) is 59.6 Å². The molecule has 0 spiro atoms. The zero-order valence-electron chi connectivity index (χ0n) is 12.7. The molecule has 4 rings (SSSR count). The molecule has 0 saturated carbocycles. The number of pyridine rings is 1. The molecule has 0 unspecified atom stereocenters. The topological polar surface area (TPSA) is 67.3 Å². The van der Waals surface area contributed by atoms with Crippen molar-refractivity contribution in [1.29, 1.82) is 0 Å². The Bertz CT molecular complexity index is 1110. The first kappa shape index (κ1) is 17.1. The number of aliphatic hydroxyl groups is 1. The summed E-state index contributed by atoms with van der Waals surface area (Å²) in [4.78, 5) is 3.86. The summed E-state index contributed by atoms with van der Waals surface area (Å²) in [6.07, 6.45) is 0. The third kappa shape index (κ3) is 2.46. The first-order valence-electron chi connectivity index (χ1n) is 6.83. The van der Waals surface area contributed by atoms with Crippen molar-refractivity contribution in [1.82, 2.24) is 4.98 Å². The molecule has 1 aliphatic heterocycles. The van der Waals surface area contributed by atoms with Gasteiger partial charge in [-0.1, -0.05) is 30.3 Å². The third-order valence-electron chi connectivity index (χ3n) is 3.77. The van der Waals surface area contributed by atoms with Crippen molar-refractivity contribution in [2.45, 2.75) is 5.03 Å². The van der Waals surface area contributed by atoms with Gasteiger partial charge in [-0.25, -0.2) is 17.8 Å². The van der Waals surface area contributed by atoms with E-state index in [1.54, 1.807) is 30.3 Å². The molecule has 2 aromatic carbocycles. The monoisotopic (exact) mass is 350 g/mol. The Balaban J connectivity index is 0.00000169. The normalized spacial score (nSPS) is 15.2. The number of nitrogens with zero attached hydrogens (tertiary/aromatic N) is 1. The number of hydrogen-bond acceptors (Lipinski definition) is 4. The van der Waals surface area contributed by atoms with E-state index in [-0.39, 0.29) is 50.6 Å². The van der Waals surface area contributed by atoms with Gasteiger partial charge < -0.3 is 5.11 Å². The van der Waals surface area contributed by atoms with Crippen LogP contribution < -0.4 is 29.6 Å². The van der Waals surface area contributed by atoms with Crippen LogP contribution in [0.1, 0.15) is 11.1 Å². The largest absolute Gasteiger partial charge is 1.00 e. The van der Waals surface area contributed by atoms with Gasteiger partial charge in [0.1, 0.15) is 16.5 Å². The fourth-order valence-electron chi connectivity index (χ4n) is 2.74. The van der Waals surface area contributed by atoms with Crippen LogP contribution in [-0.2, 0) is 9.84 Å². The Morgan fingerprint density at radius 2 is 1.75 bits per heavy atom. The van der Waals surface area contributed by atoms with Gasteiger partial charge in [0.25, 0.3) is 0 Å². The molecule has 1 aromatic heterocycles. The van der Waals surface area contributed by atoms with Crippen molar-refractivity contribution in [3.8, 4) is 0 Å². The molecule has 7 heteroatoms. The fourth-order valence-corrected chi connectivity index (χ4v) is 4.40. The van der Waals surface area contributed by atoms with Gasteiger partial charge in [-0.3, -0.25) is 0 Å². The maximum Gasteiger partial charge on any atom is 1.00 e. The van der Waals surface area contributed by atoms with E-state index < -0.39 is 21.4 Å². The smallest absolute Gasteiger partial charge is 0.506 e. The number of fused-ring (bicyclic) bond motifs is 2. The zero-order chi connectivity index (χ0) is 16.2. The van der Waals surface area contributed by atoms with Gasteiger partial charge in [-0.15, -0.1) is 0 Å². The van der Waals surface area contributed by atoms with Crippen LogP contribution in [0.25, 0.3) is 21.6 Å². The van der Waals surface area contributed by atoms with E-state index >= 15 is 0 Å². The first-order chi connectivity index (χ1) is 11.0. The summed E-state index contributed by atoms with van der Waals surface area (Å²) in [5, 5.41) is 10.9. The molecule has 0 radical (unpaired) electrons. The van der Waals surface area contributed by atoms with Gasteiger partial charge in [0, 0.05) is 10.9 Å². The molecule has 4 nitrogen and oxygen atoms in total. The molecule has 0 saturated heterocycles. The number of aliphatic hydroxyl groups excluding tert-OH is 1. The molecule has 0 aliphatic carbocycles. The molecule has 0 fully saturated rings. The van der Waals surface area contributed by atoms with Crippen LogP contribution in [0, 0.1) is 5.82 Å². The third-order valence-corrected chi connectivity index (χ3v) is 5.56. The molecule has 114 valence electrons. The average molecular weight is 350 g/mol. The van der Waals surface area contributed by atoms with E-state index in [4.69, 9.17) is 0 Å². The molecule has 0 amide bonds. The van der Waals surface area contributed by atoms with Crippen molar-refractivity contribution in [2.75, 3.05) is 0 Å². The minimum Gasteiger partial charge on any atom is -0.506 e. The molecule has 1 aliphatic rings. The summed E-state index contributed by atoms with van der Waals surface area (Å²) >= 11 is 0. The second kappa shape index (κ2) is 5.97. The predicted molar refractivity (Wildman–Crippen MR) is 84.8 cm³/mol. The number of halogens is 1. The quantitative estimate of drug-likeness (QED) is 0.651. The maximum absolute atomic E-state index is 13.4. The summed E-state index contributed by atoms with van der Waals surface area (Å²) in [7, 11) is -4.01. The summed E-state index contributed by atoms with van der Waals surface area (Å²) < 4.78 is 38.9. The van der Waals surface area contributed by atoms with Crippen molar-refractivity contribution in [3.05, 3.63) is 71.5 Å². The molecule has 2 heterocycles. The maximum atomic E-state index is 13.4. The molecule has 0 bridgehead atoms. The molecule has 1 N–H and O–H groups in total. The minimum absolute atomic E-state index is 0. The Morgan fingerprint density at radius 3 is 2.50 bits per heavy atom. The molecular weight excluding hydrogens is 340 g/mol. The van der Waals surface area contributed by atoms with Crippen LogP contribution in [0.4, 0.5) is 4.39 Å². The molecular formula is C17H10FNNaO3S+. The van der Waals surface area contributed by atoms with Gasteiger partial charge in [-0.05, 0) is 24.3 Å². The van der Waals surface area contributed by atoms with E-state index in [0.29, 0.717) is 10.9 Å². The Hall–Kier alpha value is -1.73. The minimum atomic E-state index is -4.01. The average Bonchev–Trinajstić information content (AvgIpc) is 2.72. The van der Waals surface area contributed by atoms with Gasteiger partial charge in [0.2, 0.25) is 9.84 Å². The number of benzene rings is 2. The van der Waals surface area contributed by atoms with Crippen LogP contribution in [0.2, 0.25) is 0 Å². The number of hydrogen-bond donors (Lipinski definition) is 1. The van der Waals surface area contributed by atoms with E-state index in [1.165, 1.54) is 18.2 Å². The Kier molecular flexibility index (Phi) is 4.25. The second-order valence-electron chi connectivity index (χ2n) is 5.23. The van der Waals surface area contributed by atoms with E-state index in [9.17, 15) is 17.9 Å². The first-order valence-corrected chi connectivity index (χ1v) is 8.31. The summed E-state index contributed by atoms with van der Waals surface area (Å²) in [6, 6.07) is 13.7. The second-order valence-corrected chi connectivity index (χ2v) is 7.03. The van der Waals surface area contributed by atoms with Gasteiger partial charge in [0.15, 0.2) is 5.03 Å². The number of para-hydroxylation sites is 1. The van der Waals surface area contributed by atoms with Crippen LogP contribution in [0.3, 0.4) is 0 Å². The molecule has 0 atom stereocenters. The Morgan fingerprint density at radius 1 is 1.00 bits per heavy atom. The van der Waals surface area contributed by atoms with Crippen LogP contribution >= 0.6 is 0 Å². The summed E-state index contributed by atoms with van der Waals surface area (Å²) in [5.41, 5.74) is 0.760. The summed E-state index contributed by atoms with van der Waals surface area (Å²) in [5.74, 6) is -0.976. The zero-order valence-corrected chi connectivity index (χ0v) is 15.5. The van der Waals surface area contributed by atoms with Crippen LogP contribution in [-0.4, -0.2) is 18.5 Å². The van der Waals surface area contributed by atoms with E-state index in [1.807, 2.05) is 0 Å². The molecule has 24 heavy (non-hydrogen) atoms. The number of rotatable bonds is 1. The van der Waals surface area contributed by atoms with E-state index in [0.717, 1.165) is 6.07 Å². The van der Waals surface area contributed by atoms with Gasteiger partial charge in [0.05, 0.1) is 11.1 Å². The number of aromatic nitrogens is 1. The van der Waals surface area contributed by atoms with Gasteiger partial charge >= 0.3 is 29.6 Å². The van der Waals surface area contributed by atoms with Crippen molar-refractivity contribution < 1.29 is 47.5 Å². The standard InChI is InChI=1S/C17H10FNO3S.Na/c18-12-6-3-5-11(8-12)16-15(20)13-9-10-4-1-2-7-14(10)19-17(13)23(16,21)22;/h1-9,20H;/q;+1. The van der Waals surface area contributed by atoms with Crippen molar-refractivity contribution >= 4 is 31.4 Å². The van der Waals surface area contributed by atoms with Crippen molar-refractivity contribution in [2.24, 2.45) is 0 Å². The summed E-state index contributed by atoms with van der Waals surface area (Å²) in [6.45, 7) is 0. The van der Waals surface area contributed by atoms with Gasteiger partial charge in [-0.2, -0.15) is 0 Å². The fraction of sp³-hybridized carbons (Fsp3) is 0. The molecule has 3 aromatic rings. The van der Waals surface area contributed by atoms with Crippen LogP contribution in [0.5, 0.6) is 0 Å². The SMILES string of the molecule is O=S1(=O)C(c2cccc(F)c2)=C(O)c2cc3ccccc3nc21.[Na+]. The van der Waals surface area contributed by atoms with E-state index in [2.05, 4.69) is 4.98 Å². The van der Waals surface area contributed by atoms with Crippen molar-refractivity contribution in [3.63, 3.8) is 0 Å². The Labute approximate surface area is 159 Å².